The van der Waals surface area contributed by atoms with Crippen LogP contribution in [0.1, 0.15) is 11.1 Å². The van der Waals surface area contributed by atoms with E-state index in [1.165, 1.54) is 12.1 Å². The summed E-state index contributed by atoms with van der Waals surface area (Å²) in [7, 11) is 0. The SMILES string of the molecule is NCCc1cc(F)c(CCN)cc1F. The van der Waals surface area contributed by atoms with Crippen LogP contribution in [0.15, 0.2) is 12.1 Å². The number of hydrogen-bond donors (Lipinski definition) is 2. The van der Waals surface area contributed by atoms with E-state index in [0.29, 0.717) is 37.1 Å². The maximum Gasteiger partial charge on any atom is 0.126 e. The van der Waals surface area contributed by atoms with Crippen LogP contribution < -0.4 is 11.5 Å². The first kappa shape index (κ1) is 11.1. The predicted octanol–water partition coefficient (Wildman–Crippen LogP) is 0.967. The Morgan fingerprint density at radius 3 is 1.50 bits per heavy atom. The Kier molecular flexibility index (Phi) is 3.98. The van der Waals surface area contributed by atoms with Gasteiger partial charge in [0.05, 0.1) is 0 Å². The minimum atomic E-state index is -0.402. The zero-order chi connectivity index (χ0) is 10.6. The second-order valence-corrected chi connectivity index (χ2v) is 3.11. The van der Waals surface area contributed by atoms with E-state index in [0.717, 1.165) is 0 Å². The van der Waals surface area contributed by atoms with Crippen molar-refractivity contribution in [1.82, 2.24) is 0 Å². The number of rotatable bonds is 4. The van der Waals surface area contributed by atoms with Gasteiger partial charge in [0.1, 0.15) is 11.6 Å². The van der Waals surface area contributed by atoms with Crippen molar-refractivity contribution in [1.29, 1.82) is 0 Å². The van der Waals surface area contributed by atoms with Crippen molar-refractivity contribution in [3.63, 3.8) is 0 Å². The van der Waals surface area contributed by atoms with Crippen molar-refractivity contribution in [2.24, 2.45) is 11.5 Å². The van der Waals surface area contributed by atoms with Crippen molar-refractivity contribution in [3.05, 3.63) is 34.9 Å². The highest BCUT2D eigenvalue weighted by Crippen LogP contribution is 2.15. The third kappa shape index (κ3) is 2.49. The van der Waals surface area contributed by atoms with Crippen LogP contribution in [0.25, 0.3) is 0 Å². The zero-order valence-electron chi connectivity index (χ0n) is 7.89. The number of halogens is 2. The third-order valence-electron chi connectivity index (χ3n) is 2.04. The van der Waals surface area contributed by atoms with Crippen LogP contribution >= 0.6 is 0 Å². The molecule has 0 bridgehead atoms. The van der Waals surface area contributed by atoms with E-state index in [1.807, 2.05) is 0 Å². The van der Waals surface area contributed by atoms with Gasteiger partial charge in [-0.3, -0.25) is 0 Å². The van der Waals surface area contributed by atoms with E-state index in [1.54, 1.807) is 0 Å². The van der Waals surface area contributed by atoms with Crippen molar-refractivity contribution in [3.8, 4) is 0 Å². The number of hydrogen-bond acceptors (Lipinski definition) is 2. The molecule has 1 rings (SSSR count). The highest BCUT2D eigenvalue weighted by atomic mass is 19.1. The van der Waals surface area contributed by atoms with Crippen molar-refractivity contribution in [2.75, 3.05) is 13.1 Å². The van der Waals surface area contributed by atoms with Crippen LogP contribution in [0.2, 0.25) is 0 Å². The van der Waals surface area contributed by atoms with E-state index in [2.05, 4.69) is 0 Å². The van der Waals surface area contributed by atoms with Crippen LogP contribution in [-0.2, 0) is 12.8 Å². The molecule has 0 unspecified atom stereocenters. The summed E-state index contributed by atoms with van der Waals surface area (Å²) in [5.74, 6) is -0.805. The predicted molar refractivity (Wildman–Crippen MR) is 51.9 cm³/mol. The topological polar surface area (TPSA) is 52.0 Å². The minimum Gasteiger partial charge on any atom is -0.330 e. The van der Waals surface area contributed by atoms with Crippen molar-refractivity contribution >= 4 is 0 Å². The fraction of sp³-hybridized carbons (Fsp3) is 0.400. The fourth-order valence-electron chi connectivity index (χ4n) is 1.32. The summed E-state index contributed by atoms with van der Waals surface area (Å²) >= 11 is 0. The highest BCUT2D eigenvalue weighted by Gasteiger charge is 2.08. The molecule has 4 N–H and O–H groups in total. The standard InChI is InChI=1S/C10H14F2N2/c11-9-6-8(2-4-14)10(12)5-7(9)1-3-13/h5-6H,1-4,13-14H2. The van der Waals surface area contributed by atoms with E-state index in [-0.39, 0.29) is 0 Å². The van der Waals surface area contributed by atoms with Gasteiger partial charge < -0.3 is 11.5 Å². The summed E-state index contributed by atoms with van der Waals surface area (Å²) in [6, 6.07) is 2.40. The van der Waals surface area contributed by atoms with E-state index < -0.39 is 11.6 Å². The molecule has 1 aromatic carbocycles. The third-order valence-corrected chi connectivity index (χ3v) is 2.04. The molecule has 0 atom stereocenters. The quantitative estimate of drug-likeness (QED) is 0.760. The number of nitrogens with two attached hydrogens (primary N) is 2. The molecule has 0 aromatic heterocycles. The van der Waals surface area contributed by atoms with Crippen LogP contribution in [-0.4, -0.2) is 13.1 Å². The Hall–Kier alpha value is -1.00. The lowest BCUT2D eigenvalue weighted by Gasteiger charge is -2.06. The first-order chi connectivity index (χ1) is 6.69. The Morgan fingerprint density at radius 2 is 1.21 bits per heavy atom. The molecule has 0 fully saturated rings. The molecule has 0 saturated carbocycles. The maximum atomic E-state index is 13.3. The summed E-state index contributed by atoms with van der Waals surface area (Å²) < 4.78 is 26.6. The molecule has 0 aliphatic rings. The molecular weight excluding hydrogens is 186 g/mol. The highest BCUT2D eigenvalue weighted by molar-refractivity contribution is 5.26. The van der Waals surface area contributed by atoms with E-state index in [4.69, 9.17) is 11.5 Å². The summed E-state index contributed by atoms with van der Waals surface area (Å²) in [6.07, 6.45) is 0.706. The van der Waals surface area contributed by atoms with Crippen molar-refractivity contribution in [2.45, 2.75) is 12.8 Å². The lowest BCUT2D eigenvalue weighted by molar-refractivity contribution is 0.572. The molecule has 0 aliphatic carbocycles. The van der Waals surface area contributed by atoms with E-state index >= 15 is 0 Å². The van der Waals surface area contributed by atoms with Crippen LogP contribution in [0.3, 0.4) is 0 Å². The second-order valence-electron chi connectivity index (χ2n) is 3.11. The Labute approximate surface area is 81.9 Å². The molecule has 0 amide bonds. The van der Waals surface area contributed by atoms with Crippen LogP contribution in [0.5, 0.6) is 0 Å². The van der Waals surface area contributed by atoms with Gasteiger partial charge in [-0.15, -0.1) is 0 Å². The van der Waals surface area contributed by atoms with Crippen LogP contribution in [0.4, 0.5) is 8.78 Å². The molecule has 0 aliphatic heterocycles. The normalized spacial score (nSPS) is 10.6. The molecule has 0 saturated heterocycles. The molecule has 0 radical (unpaired) electrons. The molecule has 4 heteroatoms. The number of benzene rings is 1. The van der Waals surface area contributed by atoms with Gasteiger partial charge in [0.25, 0.3) is 0 Å². The molecule has 78 valence electrons. The summed E-state index contributed by atoms with van der Waals surface area (Å²) in [6.45, 7) is 0.624. The maximum absolute atomic E-state index is 13.3. The summed E-state index contributed by atoms with van der Waals surface area (Å²) in [5.41, 5.74) is 11.2. The molecule has 14 heavy (non-hydrogen) atoms. The summed E-state index contributed by atoms with van der Waals surface area (Å²) in [4.78, 5) is 0. The van der Waals surface area contributed by atoms with Gasteiger partial charge in [-0.1, -0.05) is 0 Å². The molecular formula is C10H14F2N2. The molecule has 0 heterocycles. The minimum absolute atomic E-state index is 0.312. The van der Waals surface area contributed by atoms with Crippen molar-refractivity contribution < 1.29 is 8.78 Å². The van der Waals surface area contributed by atoms with Gasteiger partial charge >= 0.3 is 0 Å². The van der Waals surface area contributed by atoms with E-state index in [9.17, 15) is 8.78 Å². The largest absolute Gasteiger partial charge is 0.330 e. The zero-order valence-corrected chi connectivity index (χ0v) is 7.89. The van der Waals surface area contributed by atoms with Gasteiger partial charge in [-0.05, 0) is 49.2 Å². The van der Waals surface area contributed by atoms with Gasteiger partial charge in [0.2, 0.25) is 0 Å². The van der Waals surface area contributed by atoms with Gasteiger partial charge in [-0.2, -0.15) is 0 Å². The van der Waals surface area contributed by atoms with Gasteiger partial charge in [0, 0.05) is 0 Å². The average Bonchev–Trinajstić information content (AvgIpc) is 2.14. The van der Waals surface area contributed by atoms with Crippen LogP contribution in [0, 0.1) is 11.6 Å². The fourth-order valence-corrected chi connectivity index (χ4v) is 1.32. The lowest BCUT2D eigenvalue weighted by Crippen LogP contribution is -2.08. The Bertz CT molecular complexity index is 281. The Balaban J connectivity index is 2.97. The molecule has 1 aromatic rings. The lowest BCUT2D eigenvalue weighted by atomic mass is 10.1. The molecule has 2 nitrogen and oxygen atoms in total. The smallest absolute Gasteiger partial charge is 0.126 e. The average molecular weight is 200 g/mol. The summed E-state index contributed by atoms with van der Waals surface area (Å²) in [5, 5.41) is 0. The van der Waals surface area contributed by atoms with Gasteiger partial charge in [-0.25, -0.2) is 8.78 Å². The van der Waals surface area contributed by atoms with Gasteiger partial charge in [0.15, 0.2) is 0 Å². The monoisotopic (exact) mass is 200 g/mol. The first-order valence-electron chi connectivity index (χ1n) is 4.56. The molecule has 0 spiro atoms. The first-order valence-corrected chi connectivity index (χ1v) is 4.56. The second kappa shape index (κ2) is 5.02. The Morgan fingerprint density at radius 1 is 0.857 bits per heavy atom.